The number of aliphatic hydroxyl groups excluding tert-OH is 1. The topological polar surface area (TPSA) is 90.6 Å². The number of hydrogen-bond donors (Lipinski definition) is 1. The largest absolute Gasteiger partial charge is 0.493 e. The highest BCUT2D eigenvalue weighted by molar-refractivity contribution is 7.90. The van der Waals surface area contributed by atoms with Crippen molar-refractivity contribution in [3.63, 3.8) is 0 Å². The van der Waals surface area contributed by atoms with E-state index in [4.69, 9.17) is 21.6 Å². The molecule has 3 rings (SSSR count). The second-order valence-electron chi connectivity index (χ2n) is 8.32. The Morgan fingerprint density at radius 2 is 1.94 bits per heavy atom. The Bertz CT molecular complexity index is 1070. The quantitative estimate of drug-likeness (QED) is 0.674. The van der Waals surface area contributed by atoms with Gasteiger partial charge in [-0.2, -0.15) is 5.26 Å². The summed E-state index contributed by atoms with van der Waals surface area (Å²) < 4.78 is 29.1. The highest BCUT2D eigenvalue weighted by atomic mass is 35.5. The van der Waals surface area contributed by atoms with Crippen LogP contribution in [0.25, 0.3) is 0 Å². The van der Waals surface area contributed by atoms with E-state index in [0.29, 0.717) is 34.4 Å². The summed E-state index contributed by atoms with van der Waals surface area (Å²) in [4.78, 5) is 2.49. The zero-order chi connectivity index (χ0) is 22.8. The minimum absolute atomic E-state index is 0.147. The number of ether oxygens (including phenoxy) is 1. The fraction of sp³-hybridized carbons (Fsp3) is 0.435. The van der Waals surface area contributed by atoms with Crippen molar-refractivity contribution in [2.45, 2.75) is 30.9 Å². The number of halogens is 1. The zero-order valence-corrected chi connectivity index (χ0v) is 19.4. The van der Waals surface area contributed by atoms with Crippen LogP contribution in [0.5, 0.6) is 5.75 Å². The van der Waals surface area contributed by atoms with Gasteiger partial charge in [-0.1, -0.05) is 18.5 Å². The molecule has 6 nitrogen and oxygen atoms in total. The Hall–Kier alpha value is -2.11. The SMILES string of the molecule is C[C@@H]1CN([C@@H](C)[C@H](O)c2cc(Cl)cc(C#N)c2)C[C@H]1COc1ccc(S(C)(=O)=O)cc1. The van der Waals surface area contributed by atoms with Gasteiger partial charge in [-0.25, -0.2) is 8.42 Å². The van der Waals surface area contributed by atoms with E-state index in [2.05, 4.69) is 17.9 Å². The maximum absolute atomic E-state index is 11.6. The second-order valence-corrected chi connectivity index (χ2v) is 10.8. The average molecular weight is 463 g/mol. The predicted molar refractivity (Wildman–Crippen MR) is 120 cm³/mol. The summed E-state index contributed by atoms with van der Waals surface area (Å²) in [5.74, 6) is 1.28. The van der Waals surface area contributed by atoms with Crippen molar-refractivity contribution in [2.24, 2.45) is 11.8 Å². The highest BCUT2D eigenvalue weighted by Gasteiger charge is 2.35. The maximum Gasteiger partial charge on any atom is 0.175 e. The summed E-state index contributed by atoms with van der Waals surface area (Å²) in [5, 5.41) is 20.5. The first kappa shape index (κ1) is 23.6. The van der Waals surface area contributed by atoms with Crippen molar-refractivity contribution < 1.29 is 18.3 Å². The molecular weight excluding hydrogens is 436 g/mol. The third-order valence-electron chi connectivity index (χ3n) is 5.94. The van der Waals surface area contributed by atoms with Crippen LogP contribution < -0.4 is 4.74 Å². The molecule has 0 unspecified atom stereocenters. The number of aliphatic hydroxyl groups is 1. The van der Waals surface area contributed by atoms with E-state index in [-0.39, 0.29) is 16.9 Å². The average Bonchev–Trinajstić information content (AvgIpc) is 3.10. The number of benzene rings is 2. The van der Waals surface area contributed by atoms with Gasteiger partial charge < -0.3 is 9.84 Å². The van der Waals surface area contributed by atoms with Gasteiger partial charge in [-0.05, 0) is 60.9 Å². The van der Waals surface area contributed by atoms with Gasteiger partial charge in [0.25, 0.3) is 0 Å². The van der Waals surface area contributed by atoms with Crippen LogP contribution in [0, 0.1) is 23.2 Å². The number of likely N-dealkylation sites (tertiary alicyclic amines) is 1. The van der Waals surface area contributed by atoms with Crippen LogP contribution >= 0.6 is 11.6 Å². The van der Waals surface area contributed by atoms with E-state index >= 15 is 0 Å². The molecule has 1 fully saturated rings. The Balaban J connectivity index is 1.61. The van der Waals surface area contributed by atoms with Gasteiger partial charge in [0.1, 0.15) is 5.75 Å². The lowest BCUT2D eigenvalue weighted by atomic mass is 9.99. The minimum Gasteiger partial charge on any atom is -0.493 e. The van der Waals surface area contributed by atoms with E-state index in [0.717, 1.165) is 13.1 Å². The van der Waals surface area contributed by atoms with Crippen LogP contribution in [0.1, 0.15) is 31.1 Å². The Morgan fingerprint density at radius 3 is 2.55 bits per heavy atom. The molecule has 1 N–H and O–H groups in total. The molecule has 166 valence electrons. The second kappa shape index (κ2) is 9.58. The van der Waals surface area contributed by atoms with Crippen molar-refractivity contribution in [3.05, 3.63) is 58.6 Å². The number of nitrogens with zero attached hydrogens (tertiary/aromatic N) is 2. The standard InChI is InChI=1S/C23H27ClN2O4S/c1-15-12-26(16(2)23(27)18-8-17(11-25)9-20(24)10-18)13-19(15)14-30-21-4-6-22(7-5-21)31(3,28)29/h4-10,15-16,19,23,27H,12-14H2,1-3H3/t15-,16+,19+,23+/m1/s1. The van der Waals surface area contributed by atoms with Crippen LogP contribution in [0.3, 0.4) is 0 Å². The Kier molecular flexibility index (Phi) is 7.28. The molecule has 0 amide bonds. The molecule has 31 heavy (non-hydrogen) atoms. The number of sulfone groups is 1. The third-order valence-corrected chi connectivity index (χ3v) is 7.28. The van der Waals surface area contributed by atoms with Gasteiger partial charge in [0.05, 0.1) is 29.2 Å². The molecule has 0 spiro atoms. The monoisotopic (exact) mass is 462 g/mol. The normalized spacial score (nSPS) is 21.4. The molecule has 1 aliphatic heterocycles. The molecule has 8 heteroatoms. The molecule has 0 aromatic heterocycles. The number of hydrogen-bond acceptors (Lipinski definition) is 6. The Morgan fingerprint density at radius 1 is 1.26 bits per heavy atom. The first-order chi connectivity index (χ1) is 14.6. The van der Waals surface area contributed by atoms with Crippen LogP contribution in [0.2, 0.25) is 5.02 Å². The molecule has 4 atom stereocenters. The van der Waals surface area contributed by atoms with Crippen molar-refractivity contribution in [3.8, 4) is 11.8 Å². The first-order valence-electron chi connectivity index (χ1n) is 10.1. The van der Waals surface area contributed by atoms with Crippen molar-refractivity contribution in [1.29, 1.82) is 5.26 Å². The predicted octanol–water partition coefficient (Wildman–Crippen LogP) is 3.68. The van der Waals surface area contributed by atoms with Crippen molar-refractivity contribution in [1.82, 2.24) is 4.90 Å². The lowest BCUT2D eigenvalue weighted by Crippen LogP contribution is -2.36. The Labute approximate surface area is 188 Å². The first-order valence-corrected chi connectivity index (χ1v) is 12.4. The van der Waals surface area contributed by atoms with Gasteiger partial charge in [0, 0.05) is 36.3 Å². The highest BCUT2D eigenvalue weighted by Crippen LogP contribution is 2.31. The molecule has 0 saturated carbocycles. The molecular formula is C23H27ClN2O4S. The van der Waals surface area contributed by atoms with Crippen molar-refractivity contribution in [2.75, 3.05) is 26.0 Å². The van der Waals surface area contributed by atoms with E-state index in [9.17, 15) is 13.5 Å². The third kappa shape index (κ3) is 5.78. The van der Waals surface area contributed by atoms with E-state index in [1.54, 1.807) is 42.5 Å². The van der Waals surface area contributed by atoms with Gasteiger partial charge in [0.2, 0.25) is 0 Å². The van der Waals surface area contributed by atoms with Crippen LogP contribution in [0.4, 0.5) is 0 Å². The fourth-order valence-corrected chi connectivity index (χ4v) is 4.81. The lowest BCUT2D eigenvalue weighted by molar-refractivity contribution is 0.0672. The minimum atomic E-state index is -3.23. The van der Waals surface area contributed by atoms with Gasteiger partial charge in [0.15, 0.2) is 9.84 Å². The summed E-state index contributed by atoms with van der Waals surface area (Å²) in [6.07, 6.45) is 0.416. The molecule has 2 aromatic rings. The van der Waals surface area contributed by atoms with E-state index in [1.165, 1.54) is 6.26 Å². The summed E-state index contributed by atoms with van der Waals surface area (Å²) >= 11 is 6.09. The lowest BCUT2D eigenvalue weighted by Gasteiger charge is -2.29. The molecule has 1 aliphatic rings. The molecule has 1 heterocycles. The van der Waals surface area contributed by atoms with Crippen molar-refractivity contribution >= 4 is 21.4 Å². The summed E-state index contributed by atoms with van der Waals surface area (Å²) in [7, 11) is -3.23. The van der Waals surface area contributed by atoms with Crippen LogP contribution in [-0.2, 0) is 9.84 Å². The molecule has 0 aliphatic carbocycles. The van der Waals surface area contributed by atoms with Crippen LogP contribution in [-0.4, -0.2) is 50.4 Å². The maximum atomic E-state index is 11.6. The smallest absolute Gasteiger partial charge is 0.175 e. The summed E-state index contributed by atoms with van der Waals surface area (Å²) in [5.41, 5.74) is 1.06. The van der Waals surface area contributed by atoms with E-state index < -0.39 is 15.9 Å². The molecule has 1 saturated heterocycles. The van der Waals surface area contributed by atoms with Gasteiger partial charge in [-0.15, -0.1) is 0 Å². The number of rotatable bonds is 7. The fourth-order valence-electron chi connectivity index (χ4n) is 3.94. The number of nitriles is 1. The summed E-state index contributed by atoms with van der Waals surface area (Å²) in [6.45, 7) is 6.23. The molecule has 0 bridgehead atoms. The zero-order valence-electron chi connectivity index (χ0n) is 17.8. The van der Waals surface area contributed by atoms with Gasteiger partial charge >= 0.3 is 0 Å². The summed E-state index contributed by atoms with van der Waals surface area (Å²) in [6, 6.07) is 13.3. The molecule has 2 aromatic carbocycles. The van der Waals surface area contributed by atoms with Crippen LogP contribution in [0.15, 0.2) is 47.4 Å². The van der Waals surface area contributed by atoms with E-state index in [1.807, 2.05) is 6.92 Å². The molecule has 0 radical (unpaired) electrons. The van der Waals surface area contributed by atoms with Gasteiger partial charge in [-0.3, -0.25) is 4.90 Å².